The number of alkyl halides is 12. The van der Waals surface area contributed by atoms with Gasteiger partial charge in [-0.3, -0.25) is 0 Å². The highest BCUT2D eigenvalue weighted by Gasteiger charge is 2.39. The SMILES string of the molecule is N#Cc1c(-n2c3ccc(C(F)(F)F)cc3c3cc(C(F)(F)F)ccc32)c(-c2ccccc2)c(-n2c3ccccc3c3cc4sc5ccccc5c4cc32)c(-c2ccccc2)c1-n1c2ccc(C(F)(F)F)cc2c2cc(C(F)(F)F)ccc21. The molecule has 0 aliphatic heterocycles. The van der Waals surface area contributed by atoms with Gasteiger partial charge in [-0.25, -0.2) is 0 Å². The number of nitriles is 1. The molecule has 0 amide bonds. The van der Waals surface area contributed by atoms with Gasteiger partial charge in [-0.05, 0) is 108 Å². The van der Waals surface area contributed by atoms with Crippen molar-refractivity contribution in [1.29, 1.82) is 5.26 Å². The normalized spacial score (nSPS) is 12.9. The van der Waals surface area contributed by atoms with Gasteiger partial charge in [0.05, 0.1) is 72.4 Å². The number of hydrogen-bond acceptors (Lipinski definition) is 2. The summed E-state index contributed by atoms with van der Waals surface area (Å²) < 4.78 is 185. The summed E-state index contributed by atoms with van der Waals surface area (Å²) in [5.74, 6) is 0. The molecule has 4 nitrogen and oxygen atoms in total. The topological polar surface area (TPSA) is 38.6 Å². The highest BCUT2D eigenvalue weighted by Crippen LogP contribution is 2.54. The number of benzene rings is 10. The van der Waals surface area contributed by atoms with Gasteiger partial charge in [0.1, 0.15) is 11.6 Å². The van der Waals surface area contributed by atoms with E-state index >= 15 is 0 Å². The zero-order chi connectivity index (χ0) is 56.9. The highest BCUT2D eigenvalue weighted by molar-refractivity contribution is 7.25. The van der Waals surface area contributed by atoms with Crippen LogP contribution in [0, 0.1) is 11.3 Å². The van der Waals surface area contributed by atoms with Crippen LogP contribution in [-0.4, -0.2) is 13.7 Å². The van der Waals surface area contributed by atoms with E-state index in [2.05, 4.69) is 12.1 Å². The first-order chi connectivity index (χ1) is 39.2. The van der Waals surface area contributed by atoms with Crippen molar-refractivity contribution in [2.75, 3.05) is 0 Å². The largest absolute Gasteiger partial charge is 0.416 e. The van der Waals surface area contributed by atoms with Gasteiger partial charge >= 0.3 is 24.7 Å². The number of aromatic nitrogens is 3. The average molecular weight is 1130 g/mol. The third-order valence-corrected chi connectivity index (χ3v) is 16.5. The third kappa shape index (κ3) is 7.68. The molecule has 0 aliphatic rings. The summed E-state index contributed by atoms with van der Waals surface area (Å²) in [7, 11) is 0. The van der Waals surface area contributed by atoms with E-state index < -0.39 is 47.0 Å². The Labute approximate surface area is 458 Å². The van der Waals surface area contributed by atoms with Gasteiger partial charge in [0.15, 0.2) is 0 Å². The van der Waals surface area contributed by atoms with Crippen LogP contribution < -0.4 is 0 Å². The molecule has 4 heterocycles. The van der Waals surface area contributed by atoms with Crippen LogP contribution in [0.2, 0.25) is 0 Å². The Morgan fingerprint density at radius 2 is 0.659 bits per heavy atom. The zero-order valence-electron chi connectivity index (χ0n) is 41.7. The zero-order valence-corrected chi connectivity index (χ0v) is 42.5. The van der Waals surface area contributed by atoms with E-state index in [0.29, 0.717) is 22.2 Å². The molecule has 0 saturated heterocycles. The van der Waals surface area contributed by atoms with Crippen LogP contribution in [-0.2, 0) is 24.7 Å². The summed E-state index contributed by atoms with van der Waals surface area (Å²) in [5.41, 5.74) is -2.71. The molecule has 10 aromatic carbocycles. The summed E-state index contributed by atoms with van der Waals surface area (Å²) in [6.45, 7) is 0. The molecule has 0 spiro atoms. The lowest BCUT2D eigenvalue weighted by Gasteiger charge is -2.28. The summed E-state index contributed by atoms with van der Waals surface area (Å²) in [4.78, 5) is 0. The van der Waals surface area contributed by atoms with Crippen LogP contribution in [0.5, 0.6) is 0 Å². The van der Waals surface area contributed by atoms with Crippen LogP contribution in [0.15, 0.2) is 194 Å². The van der Waals surface area contributed by atoms with E-state index in [9.17, 15) is 57.9 Å². The van der Waals surface area contributed by atoms with Crippen molar-refractivity contribution in [2.24, 2.45) is 0 Å². The molecule has 0 bridgehead atoms. The van der Waals surface area contributed by atoms with Gasteiger partial charge in [0.2, 0.25) is 0 Å². The first-order valence-electron chi connectivity index (χ1n) is 25.2. The van der Waals surface area contributed by atoms with E-state index in [1.807, 2.05) is 59.2 Å². The van der Waals surface area contributed by atoms with Crippen LogP contribution in [0.1, 0.15) is 27.8 Å². The molecular formula is C65H32F12N4S. The lowest BCUT2D eigenvalue weighted by Crippen LogP contribution is -2.14. The Morgan fingerprint density at radius 1 is 0.305 bits per heavy atom. The minimum absolute atomic E-state index is 0.0686. The molecule has 82 heavy (non-hydrogen) atoms. The maximum atomic E-state index is 14.8. The number of thiophene rings is 1. The fourth-order valence-electron chi connectivity index (χ4n) is 11.9. The van der Waals surface area contributed by atoms with E-state index in [-0.39, 0.29) is 77.4 Å². The summed E-state index contributed by atoms with van der Waals surface area (Å²) in [6.07, 6.45) is -19.9. The van der Waals surface area contributed by atoms with Crippen LogP contribution in [0.3, 0.4) is 0 Å². The first-order valence-corrected chi connectivity index (χ1v) is 26.1. The molecule has 4 aromatic heterocycles. The Hall–Kier alpha value is -9.53. The van der Waals surface area contributed by atoms with Gasteiger partial charge in [-0.1, -0.05) is 97.1 Å². The molecule has 0 unspecified atom stereocenters. The average Bonchev–Trinajstić information content (AvgIpc) is 2.32. The summed E-state index contributed by atoms with van der Waals surface area (Å²) >= 11 is 1.58. The molecular weight excluding hydrogens is 1100 g/mol. The van der Waals surface area contributed by atoms with Gasteiger partial charge in [-0.15, -0.1) is 11.3 Å². The quantitative estimate of drug-likeness (QED) is 0.158. The number of nitrogens with zero attached hydrogens (tertiary/aromatic N) is 4. The van der Waals surface area contributed by atoms with Crippen molar-refractivity contribution < 1.29 is 52.7 Å². The second-order valence-electron chi connectivity index (χ2n) is 19.9. The van der Waals surface area contributed by atoms with Crippen molar-refractivity contribution in [3.05, 3.63) is 222 Å². The fourth-order valence-corrected chi connectivity index (χ4v) is 13.0. The number of hydrogen-bond donors (Lipinski definition) is 0. The number of halogens is 12. The molecule has 0 saturated carbocycles. The van der Waals surface area contributed by atoms with Crippen LogP contribution >= 0.6 is 11.3 Å². The first kappa shape index (κ1) is 50.7. The Balaban J connectivity index is 1.30. The highest BCUT2D eigenvalue weighted by atomic mass is 32.1. The maximum Gasteiger partial charge on any atom is 0.416 e. The second kappa shape index (κ2) is 17.7. The minimum Gasteiger partial charge on any atom is -0.308 e. The molecule has 0 radical (unpaired) electrons. The van der Waals surface area contributed by atoms with Gasteiger partial charge < -0.3 is 13.7 Å². The Kier molecular flexibility index (Phi) is 11.0. The second-order valence-corrected chi connectivity index (χ2v) is 21.0. The Bertz CT molecular complexity index is 4690. The molecule has 14 aromatic rings. The van der Waals surface area contributed by atoms with Gasteiger partial charge in [0.25, 0.3) is 0 Å². The molecule has 0 fully saturated rings. The standard InChI is InChI=1S/C65H32F12N4S/c66-62(67,68)36-19-23-50-42(27-36)43-28-37(63(69,70)71)20-24-51(43)79(50)59-48(33-78)60(80-52-25-21-38(64(72,73)74)29-44(52)45-30-39(65(75,76)77)22-26-53(45)80)58(35-13-5-2-6-14-35)61(57(59)34-11-3-1-4-12-34)81-49-17-9-7-15-40(49)46-32-56-47(31-54(46)81)41-16-8-10-18-55(41)82-56/h1-32H. The minimum atomic E-state index is -4.97. The van der Waals surface area contributed by atoms with Crippen molar-refractivity contribution in [2.45, 2.75) is 24.7 Å². The van der Waals surface area contributed by atoms with Crippen LogP contribution in [0.25, 0.3) is 125 Å². The Morgan fingerprint density at radius 3 is 1.07 bits per heavy atom. The summed E-state index contributed by atoms with van der Waals surface area (Å²) in [6, 6.07) is 49.7. The fraction of sp³-hybridized carbons (Fsp3) is 0.0615. The molecule has 0 aliphatic carbocycles. The number of rotatable bonds is 5. The molecule has 0 N–H and O–H groups in total. The number of fused-ring (bicyclic) bond motifs is 12. The van der Waals surface area contributed by atoms with Gasteiger partial charge in [0, 0.05) is 63.6 Å². The van der Waals surface area contributed by atoms with E-state index in [1.54, 1.807) is 72.0 Å². The number of para-hydroxylation sites is 1. The molecule has 0 atom stereocenters. The predicted molar refractivity (Wildman–Crippen MR) is 298 cm³/mol. The van der Waals surface area contributed by atoms with Crippen molar-refractivity contribution in [3.8, 4) is 45.4 Å². The van der Waals surface area contributed by atoms with Crippen molar-refractivity contribution in [3.63, 3.8) is 0 Å². The molecule has 17 heteroatoms. The van der Waals surface area contributed by atoms with E-state index in [1.165, 1.54) is 9.13 Å². The predicted octanol–water partition coefficient (Wildman–Crippen LogP) is 20.6. The maximum absolute atomic E-state index is 14.8. The monoisotopic (exact) mass is 1130 g/mol. The van der Waals surface area contributed by atoms with Crippen molar-refractivity contribution >= 4 is 96.9 Å². The van der Waals surface area contributed by atoms with E-state index in [0.717, 1.165) is 104 Å². The molecule has 14 rings (SSSR count). The molecule has 402 valence electrons. The lowest BCUT2D eigenvalue weighted by atomic mass is 9.88. The van der Waals surface area contributed by atoms with Crippen LogP contribution in [0.4, 0.5) is 52.7 Å². The summed E-state index contributed by atoms with van der Waals surface area (Å²) in [5, 5.41) is 14.5. The van der Waals surface area contributed by atoms with E-state index in [4.69, 9.17) is 0 Å². The van der Waals surface area contributed by atoms with Crippen molar-refractivity contribution in [1.82, 2.24) is 13.7 Å². The third-order valence-electron chi connectivity index (χ3n) is 15.3. The van der Waals surface area contributed by atoms with Gasteiger partial charge in [-0.2, -0.15) is 57.9 Å². The smallest absolute Gasteiger partial charge is 0.308 e. The lowest BCUT2D eigenvalue weighted by molar-refractivity contribution is -0.138.